The number of halogens is 1. The average molecular weight is 313 g/mol. The molecule has 0 aromatic heterocycles. The van der Waals surface area contributed by atoms with Gasteiger partial charge in [-0.2, -0.15) is 0 Å². The molecule has 1 fully saturated rings. The van der Waals surface area contributed by atoms with Crippen LogP contribution < -0.4 is 10.1 Å². The number of hydrogen-bond donors (Lipinski definition) is 2. The number of anilines is 1. The summed E-state index contributed by atoms with van der Waals surface area (Å²) in [5, 5.41) is 12.4. The summed E-state index contributed by atoms with van der Waals surface area (Å²) in [7, 11) is 1.50. The van der Waals surface area contributed by atoms with Gasteiger partial charge in [-0.15, -0.1) is 0 Å². The van der Waals surface area contributed by atoms with Crippen LogP contribution in [0.4, 0.5) is 10.5 Å². The quantitative estimate of drug-likeness (QED) is 0.899. The molecule has 2 amide bonds. The van der Waals surface area contributed by atoms with Crippen molar-refractivity contribution in [2.45, 2.75) is 25.3 Å². The number of benzene rings is 1. The van der Waals surface area contributed by atoms with E-state index in [1.165, 1.54) is 12.0 Å². The Morgan fingerprint density at radius 2 is 2.19 bits per heavy atom. The van der Waals surface area contributed by atoms with Crippen LogP contribution in [-0.2, 0) is 4.79 Å². The van der Waals surface area contributed by atoms with Crippen molar-refractivity contribution in [1.82, 2.24) is 4.90 Å². The first kappa shape index (κ1) is 15.4. The molecule has 0 bridgehead atoms. The lowest BCUT2D eigenvalue weighted by molar-refractivity contribution is -0.146. The van der Waals surface area contributed by atoms with Crippen LogP contribution in [0.5, 0.6) is 5.75 Å². The summed E-state index contributed by atoms with van der Waals surface area (Å²) in [5.41, 5.74) is -0.675. The number of carbonyl (C=O) groups is 2. The van der Waals surface area contributed by atoms with Gasteiger partial charge in [0.2, 0.25) is 0 Å². The van der Waals surface area contributed by atoms with Crippen LogP contribution in [0.1, 0.15) is 19.8 Å². The number of amides is 2. The molecule has 114 valence electrons. The molecular formula is C14H17ClN2O4. The molecule has 6 nitrogen and oxygen atoms in total. The van der Waals surface area contributed by atoms with Gasteiger partial charge in [-0.3, -0.25) is 0 Å². The van der Waals surface area contributed by atoms with Crippen LogP contribution in [0, 0.1) is 0 Å². The van der Waals surface area contributed by atoms with Gasteiger partial charge in [-0.1, -0.05) is 11.6 Å². The fourth-order valence-electron chi connectivity index (χ4n) is 2.45. The Bertz CT molecular complexity index is 578. The summed E-state index contributed by atoms with van der Waals surface area (Å²) in [6, 6.07) is 4.40. The highest BCUT2D eigenvalue weighted by molar-refractivity contribution is 6.32. The van der Waals surface area contributed by atoms with Gasteiger partial charge in [0, 0.05) is 12.2 Å². The second kappa shape index (κ2) is 5.81. The number of rotatable bonds is 3. The van der Waals surface area contributed by atoms with Crippen molar-refractivity contribution in [3.8, 4) is 5.75 Å². The number of methoxy groups -OCH3 is 1. The van der Waals surface area contributed by atoms with Crippen molar-refractivity contribution in [1.29, 1.82) is 0 Å². The minimum Gasteiger partial charge on any atom is -0.495 e. The molecule has 0 saturated carbocycles. The predicted molar refractivity (Wildman–Crippen MR) is 79.0 cm³/mol. The van der Waals surface area contributed by atoms with Gasteiger partial charge in [0.1, 0.15) is 11.3 Å². The Morgan fingerprint density at radius 3 is 2.76 bits per heavy atom. The Morgan fingerprint density at radius 1 is 1.48 bits per heavy atom. The van der Waals surface area contributed by atoms with Crippen molar-refractivity contribution in [2.75, 3.05) is 19.0 Å². The van der Waals surface area contributed by atoms with Crippen molar-refractivity contribution in [3.05, 3.63) is 23.2 Å². The third kappa shape index (κ3) is 2.90. The summed E-state index contributed by atoms with van der Waals surface area (Å²) in [6.07, 6.45) is 1.11. The molecular weight excluding hydrogens is 296 g/mol. The molecule has 1 aliphatic rings. The highest BCUT2D eigenvalue weighted by atomic mass is 35.5. The number of aliphatic carboxylic acids is 1. The molecule has 1 atom stereocenters. The molecule has 0 aliphatic carbocycles. The lowest BCUT2D eigenvalue weighted by Gasteiger charge is -2.31. The summed E-state index contributed by atoms with van der Waals surface area (Å²) in [5.74, 6) is -0.492. The monoisotopic (exact) mass is 312 g/mol. The van der Waals surface area contributed by atoms with Crippen molar-refractivity contribution in [2.24, 2.45) is 0 Å². The second-order valence-corrected chi connectivity index (χ2v) is 5.52. The maximum absolute atomic E-state index is 12.3. The Labute approximate surface area is 127 Å². The number of ether oxygens (including phenoxy) is 1. The molecule has 0 spiro atoms. The largest absolute Gasteiger partial charge is 0.495 e. The number of carbonyl (C=O) groups excluding carboxylic acids is 1. The highest BCUT2D eigenvalue weighted by Gasteiger charge is 2.46. The summed E-state index contributed by atoms with van der Waals surface area (Å²) < 4.78 is 5.04. The van der Waals surface area contributed by atoms with Gasteiger partial charge in [0.05, 0.1) is 12.1 Å². The molecule has 21 heavy (non-hydrogen) atoms. The van der Waals surface area contributed by atoms with Crippen molar-refractivity contribution >= 4 is 29.3 Å². The Kier molecular flexibility index (Phi) is 4.27. The van der Waals surface area contributed by atoms with Gasteiger partial charge in [-0.05, 0) is 38.0 Å². The smallest absolute Gasteiger partial charge is 0.329 e. The highest BCUT2D eigenvalue weighted by Crippen LogP contribution is 2.31. The van der Waals surface area contributed by atoms with Gasteiger partial charge < -0.3 is 20.1 Å². The zero-order valence-corrected chi connectivity index (χ0v) is 12.6. The minimum absolute atomic E-state index is 0.373. The van der Waals surface area contributed by atoms with Crippen LogP contribution in [0.2, 0.25) is 5.02 Å². The van der Waals surface area contributed by atoms with E-state index in [-0.39, 0.29) is 0 Å². The zero-order chi connectivity index (χ0) is 15.6. The molecule has 1 aliphatic heterocycles. The van der Waals surface area contributed by atoms with Gasteiger partial charge >= 0.3 is 12.0 Å². The maximum Gasteiger partial charge on any atom is 0.329 e. The lowest BCUT2D eigenvalue weighted by atomic mass is 10.00. The Balaban J connectivity index is 2.14. The van der Waals surface area contributed by atoms with E-state index in [1.807, 2.05) is 0 Å². The number of nitrogens with zero attached hydrogens (tertiary/aromatic N) is 1. The minimum atomic E-state index is -1.17. The first-order valence-electron chi connectivity index (χ1n) is 6.54. The number of hydrogen-bond acceptors (Lipinski definition) is 3. The summed E-state index contributed by atoms with van der Waals surface area (Å²) in [6.45, 7) is 1.97. The molecule has 1 heterocycles. The summed E-state index contributed by atoms with van der Waals surface area (Å²) >= 11 is 6.00. The lowest BCUT2D eigenvalue weighted by Crippen LogP contribution is -2.52. The molecule has 2 rings (SSSR count). The van der Waals surface area contributed by atoms with E-state index in [2.05, 4.69) is 5.32 Å². The normalized spacial score (nSPS) is 21.2. The van der Waals surface area contributed by atoms with Crippen LogP contribution in [-0.4, -0.2) is 41.2 Å². The fraction of sp³-hybridized carbons (Fsp3) is 0.429. The second-order valence-electron chi connectivity index (χ2n) is 5.11. The molecule has 1 aromatic rings. The average Bonchev–Trinajstić information content (AvgIpc) is 2.82. The maximum atomic E-state index is 12.3. The van der Waals surface area contributed by atoms with E-state index >= 15 is 0 Å². The van der Waals surface area contributed by atoms with E-state index < -0.39 is 17.5 Å². The number of likely N-dealkylation sites (tertiary alicyclic amines) is 1. The van der Waals surface area contributed by atoms with Gasteiger partial charge in [-0.25, -0.2) is 9.59 Å². The standard InChI is InChI=1S/C14H17ClN2O4/c1-14(12(18)19)6-3-7-17(14)13(20)16-9-4-5-11(21-2)10(15)8-9/h4-5,8H,3,6-7H2,1-2H3,(H,16,20)(H,18,19). The van der Waals surface area contributed by atoms with E-state index in [9.17, 15) is 14.7 Å². The van der Waals surface area contributed by atoms with Crippen LogP contribution >= 0.6 is 11.6 Å². The fourth-order valence-corrected chi connectivity index (χ4v) is 2.70. The molecule has 0 radical (unpaired) electrons. The van der Waals surface area contributed by atoms with Crippen LogP contribution in [0.3, 0.4) is 0 Å². The first-order chi connectivity index (χ1) is 9.88. The number of nitrogens with one attached hydrogen (secondary N) is 1. The number of carboxylic acid groups (broad SMARTS) is 1. The zero-order valence-electron chi connectivity index (χ0n) is 11.9. The van der Waals surface area contributed by atoms with E-state index in [4.69, 9.17) is 16.3 Å². The van der Waals surface area contributed by atoms with E-state index in [0.717, 1.165) is 0 Å². The van der Waals surface area contributed by atoms with Crippen molar-refractivity contribution < 1.29 is 19.4 Å². The van der Waals surface area contributed by atoms with Crippen LogP contribution in [0.25, 0.3) is 0 Å². The summed E-state index contributed by atoms with van der Waals surface area (Å²) in [4.78, 5) is 25.0. The molecule has 1 unspecified atom stereocenters. The number of urea groups is 1. The molecule has 2 N–H and O–H groups in total. The van der Waals surface area contributed by atoms with Crippen LogP contribution in [0.15, 0.2) is 18.2 Å². The molecule has 7 heteroatoms. The van der Waals surface area contributed by atoms with Gasteiger partial charge in [0.15, 0.2) is 0 Å². The SMILES string of the molecule is COc1ccc(NC(=O)N2CCCC2(C)C(=O)O)cc1Cl. The van der Waals surface area contributed by atoms with Gasteiger partial charge in [0.25, 0.3) is 0 Å². The Hall–Kier alpha value is -1.95. The number of carboxylic acids is 1. The third-order valence-electron chi connectivity index (χ3n) is 3.75. The van der Waals surface area contributed by atoms with E-state index in [1.54, 1.807) is 25.1 Å². The third-order valence-corrected chi connectivity index (χ3v) is 4.05. The van der Waals surface area contributed by atoms with E-state index in [0.29, 0.717) is 35.8 Å². The predicted octanol–water partition coefficient (Wildman–Crippen LogP) is 2.82. The topological polar surface area (TPSA) is 78.9 Å². The van der Waals surface area contributed by atoms with Crippen molar-refractivity contribution in [3.63, 3.8) is 0 Å². The molecule has 1 aromatic carbocycles. The molecule has 1 saturated heterocycles. The first-order valence-corrected chi connectivity index (χ1v) is 6.92.